The molecule has 6 aromatic carbocycles. The Morgan fingerprint density at radius 1 is 0.500 bits per heavy atom. The summed E-state index contributed by atoms with van der Waals surface area (Å²) in [6, 6.07) is 43.2. The molecule has 0 saturated heterocycles. The fourth-order valence-corrected chi connectivity index (χ4v) is 6.28. The van der Waals surface area contributed by atoms with Gasteiger partial charge < -0.3 is 4.57 Å². The minimum absolute atomic E-state index is 0.217. The van der Waals surface area contributed by atoms with Crippen LogP contribution < -0.4 is 0 Å². The number of aromatic nitrogens is 3. The Morgan fingerprint density at radius 2 is 1.00 bits per heavy atom. The van der Waals surface area contributed by atoms with Crippen LogP contribution in [0.4, 0.5) is 0 Å². The highest BCUT2D eigenvalue weighted by atomic mass is 15.0. The van der Waals surface area contributed by atoms with E-state index in [1.54, 1.807) is 0 Å². The molecule has 2 aromatic heterocycles. The molecule has 3 nitrogen and oxygen atoms in total. The van der Waals surface area contributed by atoms with E-state index in [0.29, 0.717) is 0 Å². The van der Waals surface area contributed by atoms with Gasteiger partial charge in [-0.05, 0) is 41.0 Å². The average molecular weight is 514 g/mol. The molecule has 0 N–H and O–H groups in total. The Bertz CT molecular complexity index is 2200. The summed E-state index contributed by atoms with van der Waals surface area (Å²) in [4.78, 5) is 10.8. The number of rotatable bonds is 3. The Labute approximate surface area is 232 Å². The van der Waals surface area contributed by atoms with Crippen LogP contribution in [0.2, 0.25) is 0 Å². The molecule has 0 spiro atoms. The van der Waals surface area contributed by atoms with Crippen LogP contribution in [0.1, 0.15) is 25.5 Å². The second-order valence-electron chi connectivity index (χ2n) is 10.8. The lowest BCUT2D eigenvalue weighted by atomic mass is 9.97. The molecular weight excluding hydrogens is 486 g/mol. The van der Waals surface area contributed by atoms with Gasteiger partial charge in [0.25, 0.3) is 0 Å². The Morgan fingerprint density at radius 3 is 1.57 bits per heavy atom. The van der Waals surface area contributed by atoms with Crippen molar-refractivity contribution in [2.45, 2.75) is 19.8 Å². The van der Waals surface area contributed by atoms with E-state index in [1.165, 1.54) is 32.6 Å². The first-order valence-electron chi connectivity index (χ1n) is 13.9. The van der Waals surface area contributed by atoms with E-state index in [-0.39, 0.29) is 5.92 Å². The van der Waals surface area contributed by atoms with Crippen LogP contribution in [0.3, 0.4) is 0 Å². The third-order valence-electron chi connectivity index (χ3n) is 8.08. The highest BCUT2D eigenvalue weighted by molar-refractivity contribution is 6.23. The monoisotopic (exact) mass is 513 g/mol. The predicted molar refractivity (Wildman–Crippen MR) is 168 cm³/mol. The first-order chi connectivity index (χ1) is 19.7. The third kappa shape index (κ3) is 3.31. The quantitative estimate of drug-likeness (QED) is 0.220. The van der Waals surface area contributed by atoms with Crippen molar-refractivity contribution < 1.29 is 0 Å². The lowest BCUT2D eigenvalue weighted by Crippen LogP contribution is -2.03. The highest BCUT2D eigenvalue weighted by Gasteiger charge is 2.19. The van der Waals surface area contributed by atoms with Gasteiger partial charge in [0.1, 0.15) is 0 Å². The Kier molecular flexibility index (Phi) is 5.02. The summed E-state index contributed by atoms with van der Waals surface area (Å²) < 4.78 is 2.36. The molecule has 0 aliphatic carbocycles. The highest BCUT2D eigenvalue weighted by Crippen LogP contribution is 2.38. The molecule has 3 heteroatoms. The fourth-order valence-electron chi connectivity index (χ4n) is 6.28. The maximum Gasteiger partial charge on any atom is 0.0979 e. The summed E-state index contributed by atoms with van der Waals surface area (Å²) in [5.41, 5.74) is 8.50. The van der Waals surface area contributed by atoms with Gasteiger partial charge in [-0.3, -0.25) is 0 Å². The van der Waals surface area contributed by atoms with Gasteiger partial charge in [0.15, 0.2) is 0 Å². The lowest BCUT2D eigenvalue weighted by molar-refractivity contribution is 0.826. The van der Waals surface area contributed by atoms with E-state index in [2.05, 4.69) is 140 Å². The van der Waals surface area contributed by atoms with Gasteiger partial charge in [0, 0.05) is 32.8 Å². The molecule has 0 saturated carbocycles. The molecule has 8 aromatic rings. The van der Waals surface area contributed by atoms with Crippen LogP contribution in [0, 0.1) is 0 Å². The summed E-state index contributed by atoms with van der Waals surface area (Å²) in [5.74, 6) is 0.217. The first kappa shape index (κ1) is 22.9. The van der Waals surface area contributed by atoms with Gasteiger partial charge in [-0.15, -0.1) is 0 Å². The van der Waals surface area contributed by atoms with Crippen LogP contribution in [-0.2, 0) is 0 Å². The van der Waals surface area contributed by atoms with Crippen LogP contribution >= 0.6 is 0 Å². The van der Waals surface area contributed by atoms with Gasteiger partial charge in [0.05, 0.1) is 33.5 Å². The van der Waals surface area contributed by atoms with Crippen LogP contribution in [0.15, 0.2) is 121 Å². The van der Waals surface area contributed by atoms with Crippen molar-refractivity contribution in [3.05, 3.63) is 127 Å². The van der Waals surface area contributed by atoms with Crippen molar-refractivity contribution in [2.24, 2.45) is 0 Å². The molecule has 0 atom stereocenters. The summed E-state index contributed by atoms with van der Waals surface area (Å²) in [6.07, 6.45) is 0. The molecule has 0 aliphatic rings. The Hall–Kier alpha value is -5.02. The summed E-state index contributed by atoms with van der Waals surface area (Å²) in [7, 11) is 0. The Balaban J connectivity index is 1.43. The van der Waals surface area contributed by atoms with E-state index in [1.807, 2.05) is 0 Å². The summed E-state index contributed by atoms with van der Waals surface area (Å²) in [6.45, 7) is 4.42. The molecule has 0 amide bonds. The standard InChI is InChI=1S/C37H27N3/c1-23(2)34-35(39-37-31-19-6-4-15-27(31)26-14-3-5-18-30(26)36(37)38-34)24-12-11-13-25(22-24)40-32-20-9-7-16-28(32)29-17-8-10-21-33(29)40/h3-23H,1-2H3. The zero-order valence-corrected chi connectivity index (χ0v) is 22.5. The van der Waals surface area contributed by atoms with Crippen molar-refractivity contribution >= 4 is 54.4 Å². The van der Waals surface area contributed by atoms with E-state index >= 15 is 0 Å². The van der Waals surface area contributed by atoms with Gasteiger partial charge in [-0.1, -0.05) is 111 Å². The smallest absolute Gasteiger partial charge is 0.0979 e. The number of benzene rings is 6. The SMILES string of the molecule is CC(C)c1nc2c3ccccc3c3ccccc3c2nc1-c1cccc(-n2c3ccccc3c3ccccc32)c1. The van der Waals surface area contributed by atoms with E-state index in [4.69, 9.17) is 9.97 Å². The fraction of sp³-hybridized carbons (Fsp3) is 0.0811. The van der Waals surface area contributed by atoms with Crippen LogP contribution in [0.25, 0.3) is 71.3 Å². The topological polar surface area (TPSA) is 30.7 Å². The third-order valence-corrected chi connectivity index (χ3v) is 8.08. The molecule has 0 radical (unpaired) electrons. The predicted octanol–water partition coefficient (Wildman–Crippen LogP) is 9.82. The zero-order valence-electron chi connectivity index (χ0n) is 22.5. The van der Waals surface area contributed by atoms with Gasteiger partial charge in [-0.2, -0.15) is 0 Å². The molecular formula is C37H27N3. The average Bonchev–Trinajstić information content (AvgIpc) is 3.35. The van der Waals surface area contributed by atoms with Gasteiger partial charge in [-0.25, -0.2) is 9.97 Å². The van der Waals surface area contributed by atoms with Crippen LogP contribution in [-0.4, -0.2) is 14.5 Å². The molecule has 0 unspecified atom stereocenters. The minimum Gasteiger partial charge on any atom is -0.309 e. The maximum absolute atomic E-state index is 5.42. The van der Waals surface area contributed by atoms with Crippen molar-refractivity contribution in [1.29, 1.82) is 0 Å². The molecule has 0 bridgehead atoms. The minimum atomic E-state index is 0.217. The number of fused-ring (bicyclic) bond motifs is 9. The molecule has 0 fully saturated rings. The molecule has 40 heavy (non-hydrogen) atoms. The number of nitrogens with zero attached hydrogens (tertiary/aromatic N) is 3. The summed E-state index contributed by atoms with van der Waals surface area (Å²) in [5, 5.41) is 7.23. The number of hydrogen-bond donors (Lipinski definition) is 0. The van der Waals surface area contributed by atoms with Crippen molar-refractivity contribution in [3.63, 3.8) is 0 Å². The largest absolute Gasteiger partial charge is 0.309 e. The van der Waals surface area contributed by atoms with E-state index in [0.717, 1.165) is 44.4 Å². The second-order valence-corrected chi connectivity index (χ2v) is 10.8. The zero-order chi connectivity index (χ0) is 26.8. The summed E-state index contributed by atoms with van der Waals surface area (Å²) >= 11 is 0. The maximum atomic E-state index is 5.42. The normalized spacial score (nSPS) is 12.0. The van der Waals surface area contributed by atoms with Crippen molar-refractivity contribution in [1.82, 2.24) is 14.5 Å². The van der Waals surface area contributed by atoms with E-state index < -0.39 is 0 Å². The first-order valence-corrected chi connectivity index (χ1v) is 13.9. The second kappa shape index (κ2) is 8.75. The van der Waals surface area contributed by atoms with E-state index in [9.17, 15) is 0 Å². The molecule has 8 rings (SSSR count). The lowest BCUT2D eigenvalue weighted by Gasteiger charge is -2.17. The molecule has 190 valence electrons. The number of para-hydroxylation sites is 2. The van der Waals surface area contributed by atoms with Crippen LogP contribution in [0.5, 0.6) is 0 Å². The molecule has 0 aliphatic heterocycles. The number of hydrogen-bond acceptors (Lipinski definition) is 2. The molecule has 2 heterocycles. The van der Waals surface area contributed by atoms with Gasteiger partial charge in [0.2, 0.25) is 0 Å². The van der Waals surface area contributed by atoms with Crippen molar-refractivity contribution in [2.75, 3.05) is 0 Å². The van der Waals surface area contributed by atoms with Gasteiger partial charge >= 0.3 is 0 Å². The van der Waals surface area contributed by atoms with Crippen molar-refractivity contribution in [3.8, 4) is 16.9 Å².